The average molecular weight is 340 g/mol. The van der Waals surface area contributed by atoms with Gasteiger partial charge >= 0.3 is 0 Å². The predicted molar refractivity (Wildman–Crippen MR) is 74.3 cm³/mol. The number of quaternary nitrogens is 1. The number of benzene rings is 1. The molecule has 2 rings (SSSR count). The van der Waals surface area contributed by atoms with Crippen LogP contribution in [-0.4, -0.2) is 28.9 Å². The Balaban J connectivity index is 0.000000246. The molecule has 1 fully saturated rings. The molecular weight excluding hydrogens is 327 g/mol. The van der Waals surface area contributed by atoms with Crippen molar-refractivity contribution in [1.82, 2.24) is 5.32 Å². The first-order chi connectivity index (χ1) is 9.29. The number of halogens is 3. The Morgan fingerprint density at radius 3 is 2.25 bits per heavy atom. The van der Waals surface area contributed by atoms with Crippen molar-refractivity contribution in [2.24, 2.45) is 0 Å². The third-order valence-electron chi connectivity index (χ3n) is 2.47. The summed E-state index contributed by atoms with van der Waals surface area (Å²) in [6, 6.07) is 10.2. The number of amides is 1. The highest BCUT2D eigenvalue weighted by atomic mass is 35.6. The fourth-order valence-corrected chi connectivity index (χ4v) is 1.59. The minimum atomic E-state index is -2.28. The number of hydrogen-bond acceptors (Lipinski definition) is 3. The van der Waals surface area contributed by atoms with Gasteiger partial charge in [0.25, 0.3) is 5.91 Å². The lowest BCUT2D eigenvalue weighted by Gasteiger charge is -2.09. The predicted octanol–water partition coefficient (Wildman–Crippen LogP) is -0.735. The molecule has 1 aliphatic heterocycles. The number of hydrogen-bond donors (Lipinski definition) is 2. The van der Waals surface area contributed by atoms with Crippen molar-refractivity contribution in [3.63, 3.8) is 0 Å². The molecule has 5 nitrogen and oxygen atoms in total. The fraction of sp³-hybridized carbons (Fsp3) is 0.333. The van der Waals surface area contributed by atoms with E-state index in [0.29, 0.717) is 6.54 Å². The maximum Gasteiger partial charge on any atom is 0.279 e. The zero-order valence-corrected chi connectivity index (χ0v) is 12.6. The van der Waals surface area contributed by atoms with Crippen LogP contribution in [0.3, 0.4) is 0 Å². The van der Waals surface area contributed by atoms with E-state index >= 15 is 0 Å². The van der Waals surface area contributed by atoms with Gasteiger partial charge in [-0.3, -0.25) is 4.79 Å². The molecule has 0 aliphatic carbocycles. The molecule has 20 heavy (non-hydrogen) atoms. The molecule has 1 amide bonds. The first kappa shape index (κ1) is 17.0. The van der Waals surface area contributed by atoms with Crippen LogP contribution in [0.5, 0.6) is 0 Å². The van der Waals surface area contributed by atoms with E-state index in [-0.39, 0.29) is 5.91 Å². The van der Waals surface area contributed by atoms with Crippen LogP contribution in [0.15, 0.2) is 30.3 Å². The molecule has 8 heteroatoms. The zero-order valence-electron chi connectivity index (χ0n) is 10.4. The summed E-state index contributed by atoms with van der Waals surface area (Å²) in [5.41, 5.74) is 1.29. The summed E-state index contributed by atoms with van der Waals surface area (Å²) in [6.45, 7) is 2.29. The summed E-state index contributed by atoms with van der Waals surface area (Å²) >= 11 is 14.2. The highest BCUT2D eigenvalue weighted by Gasteiger charge is 2.21. The minimum Gasteiger partial charge on any atom is -0.545 e. The van der Waals surface area contributed by atoms with Crippen LogP contribution in [0.2, 0.25) is 0 Å². The van der Waals surface area contributed by atoms with Gasteiger partial charge in [-0.05, 0) is 0 Å². The van der Waals surface area contributed by atoms with Crippen molar-refractivity contribution >= 4 is 46.7 Å². The quantitative estimate of drug-likeness (QED) is 0.698. The maximum atomic E-state index is 10.9. The van der Waals surface area contributed by atoms with Gasteiger partial charge in [0.15, 0.2) is 13.2 Å². The largest absolute Gasteiger partial charge is 0.545 e. The lowest BCUT2D eigenvalue weighted by molar-refractivity contribution is -0.899. The van der Waals surface area contributed by atoms with E-state index in [2.05, 4.69) is 17.4 Å². The van der Waals surface area contributed by atoms with Gasteiger partial charge in [0.05, 0.1) is 5.97 Å². The molecule has 0 bridgehead atoms. The van der Waals surface area contributed by atoms with Gasteiger partial charge in [0.2, 0.25) is 3.79 Å². The van der Waals surface area contributed by atoms with E-state index in [1.54, 1.807) is 0 Å². The SMILES string of the molecule is O=C([O-])C(Cl)(Cl)Cl.O=C1C[NH+](Cc2ccccc2)CN1. The number of rotatable bonds is 2. The van der Waals surface area contributed by atoms with Gasteiger partial charge < -0.3 is 20.1 Å². The zero-order chi connectivity index (χ0) is 15.2. The molecule has 0 saturated carbocycles. The van der Waals surface area contributed by atoms with E-state index < -0.39 is 9.76 Å². The second kappa shape index (κ2) is 7.69. The molecule has 1 aliphatic rings. The van der Waals surface area contributed by atoms with Crippen LogP contribution in [0.4, 0.5) is 0 Å². The molecule has 1 atom stereocenters. The Morgan fingerprint density at radius 2 is 1.85 bits per heavy atom. The van der Waals surface area contributed by atoms with Gasteiger partial charge in [-0.15, -0.1) is 0 Å². The summed E-state index contributed by atoms with van der Waals surface area (Å²) in [7, 11) is 0. The Labute approximate surface area is 131 Å². The van der Waals surface area contributed by atoms with Gasteiger partial charge in [-0.25, -0.2) is 0 Å². The summed E-state index contributed by atoms with van der Waals surface area (Å²) in [5, 5.41) is 12.3. The van der Waals surface area contributed by atoms with Crippen LogP contribution in [0.25, 0.3) is 0 Å². The van der Waals surface area contributed by atoms with Crippen LogP contribution < -0.4 is 15.3 Å². The molecule has 1 unspecified atom stereocenters. The lowest BCUT2D eigenvalue weighted by Crippen LogP contribution is -3.09. The Bertz CT molecular complexity index is 463. The maximum absolute atomic E-state index is 10.9. The third-order valence-corrected chi connectivity index (χ3v) is 2.94. The summed E-state index contributed by atoms with van der Waals surface area (Å²) in [5.74, 6) is -1.55. The number of alkyl halides is 3. The number of carboxylic acids is 1. The minimum absolute atomic E-state index is 0.158. The highest BCUT2D eigenvalue weighted by Crippen LogP contribution is 2.24. The van der Waals surface area contributed by atoms with Crippen molar-refractivity contribution < 1.29 is 19.6 Å². The van der Waals surface area contributed by atoms with Crippen LogP contribution in [0, 0.1) is 0 Å². The summed E-state index contributed by atoms with van der Waals surface area (Å²) < 4.78 is -2.28. The molecule has 1 heterocycles. The molecule has 1 saturated heterocycles. The Kier molecular flexibility index (Phi) is 6.55. The number of carbonyl (C=O) groups is 2. The van der Waals surface area contributed by atoms with Gasteiger partial charge in [0, 0.05) is 5.56 Å². The second-order valence-electron chi connectivity index (χ2n) is 4.15. The summed E-state index contributed by atoms with van der Waals surface area (Å²) in [4.78, 5) is 21.7. The number of nitrogens with one attached hydrogen (secondary N) is 2. The first-order valence-corrected chi connectivity index (χ1v) is 6.85. The fourth-order valence-electron chi connectivity index (χ4n) is 1.59. The van der Waals surface area contributed by atoms with Gasteiger partial charge in [-0.1, -0.05) is 65.1 Å². The number of carboxylic acid groups (broad SMARTS) is 1. The molecule has 2 N–H and O–H groups in total. The molecule has 0 aromatic heterocycles. The molecule has 0 radical (unpaired) electrons. The number of carbonyl (C=O) groups excluding carboxylic acids is 2. The normalized spacial score (nSPS) is 17.9. The van der Waals surface area contributed by atoms with Crippen molar-refractivity contribution in [2.45, 2.75) is 10.3 Å². The van der Waals surface area contributed by atoms with E-state index in [1.807, 2.05) is 18.2 Å². The molecule has 1 aromatic rings. The van der Waals surface area contributed by atoms with E-state index in [1.165, 1.54) is 10.5 Å². The van der Waals surface area contributed by atoms with E-state index in [9.17, 15) is 14.7 Å². The van der Waals surface area contributed by atoms with Crippen molar-refractivity contribution in [2.75, 3.05) is 13.2 Å². The average Bonchev–Trinajstić information content (AvgIpc) is 2.75. The second-order valence-corrected chi connectivity index (χ2v) is 6.43. The van der Waals surface area contributed by atoms with Gasteiger partial charge in [0.1, 0.15) is 6.54 Å². The van der Waals surface area contributed by atoms with Crippen LogP contribution in [-0.2, 0) is 16.1 Å². The smallest absolute Gasteiger partial charge is 0.279 e. The van der Waals surface area contributed by atoms with E-state index in [4.69, 9.17) is 34.8 Å². The lowest BCUT2D eigenvalue weighted by atomic mass is 10.2. The molecule has 0 spiro atoms. The first-order valence-electron chi connectivity index (χ1n) is 5.71. The summed E-state index contributed by atoms with van der Waals surface area (Å²) in [6.07, 6.45) is 0. The van der Waals surface area contributed by atoms with Crippen molar-refractivity contribution in [1.29, 1.82) is 0 Å². The number of aliphatic carboxylic acids is 1. The Morgan fingerprint density at radius 1 is 1.30 bits per heavy atom. The molecule has 1 aromatic carbocycles. The highest BCUT2D eigenvalue weighted by molar-refractivity contribution is 6.75. The topological polar surface area (TPSA) is 73.7 Å². The van der Waals surface area contributed by atoms with Crippen LogP contribution >= 0.6 is 34.8 Å². The Hall–Kier alpha value is -1.01. The van der Waals surface area contributed by atoms with Gasteiger partial charge in [-0.2, -0.15) is 0 Å². The molecular formula is C12H13Cl3N2O3. The third kappa shape index (κ3) is 6.43. The standard InChI is InChI=1S/C10H12N2O.C2HCl3O2/c13-10-7-12(8-11-10)6-9-4-2-1-3-5-9;3-2(4,5)1(6)7/h1-5H,6-8H2,(H,11,13);(H,6,7). The monoisotopic (exact) mass is 338 g/mol. The van der Waals surface area contributed by atoms with Crippen molar-refractivity contribution in [3.05, 3.63) is 35.9 Å². The van der Waals surface area contributed by atoms with Crippen LogP contribution in [0.1, 0.15) is 5.56 Å². The van der Waals surface area contributed by atoms with Crippen molar-refractivity contribution in [3.8, 4) is 0 Å². The molecule has 110 valence electrons. The van der Waals surface area contributed by atoms with E-state index in [0.717, 1.165) is 13.2 Å².